The molecular weight excluding hydrogens is 412 g/mol. The minimum absolute atomic E-state index is 0.164. The zero-order chi connectivity index (χ0) is 23.0. The first-order valence-electron chi connectivity index (χ1n) is 11.3. The van der Waals surface area contributed by atoms with Crippen molar-refractivity contribution in [2.75, 3.05) is 31.1 Å². The van der Waals surface area contributed by atoms with Gasteiger partial charge in [0.15, 0.2) is 11.5 Å². The second-order valence-electron chi connectivity index (χ2n) is 9.07. The first kappa shape index (κ1) is 21.1. The Kier molecular flexibility index (Phi) is 5.32. The van der Waals surface area contributed by atoms with Crippen molar-refractivity contribution < 1.29 is 4.79 Å². The number of hydrogen-bond acceptors (Lipinski definition) is 5. The quantitative estimate of drug-likeness (QED) is 0.484. The molecule has 2 aromatic carbocycles. The first-order valence-corrected chi connectivity index (χ1v) is 11.3. The van der Waals surface area contributed by atoms with Crippen LogP contribution in [0.2, 0.25) is 0 Å². The number of benzene rings is 2. The normalized spacial score (nSPS) is 14.6. The lowest BCUT2D eigenvalue weighted by atomic mass is 9.83. The fourth-order valence-corrected chi connectivity index (χ4v) is 4.45. The average molecular weight is 441 g/mol. The van der Waals surface area contributed by atoms with Crippen LogP contribution in [0.4, 0.5) is 5.82 Å². The largest absolute Gasteiger partial charge is 0.352 e. The first-order chi connectivity index (χ1) is 15.9. The Labute approximate surface area is 193 Å². The van der Waals surface area contributed by atoms with Crippen LogP contribution in [0.25, 0.3) is 17.0 Å². The van der Waals surface area contributed by atoms with Crippen molar-refractivity contribution in [1.29, 1.82) is 0 Å². The topological polar surface area (TPSA) is 66.6 Å². The van der Waals surface area contributed by atoms with Gasteiger partial charge in [-0.2, -0.15) is 4.52 Å². The summed E-state index contributed by atoms with van der Waals surface area (Å²) in [6, 6.07) is 22.1. The number of piperazine rings is 1. The monoisotopic (exact) mass is 440 g/mol. The van der Waals surface area contributed by atoms with Gasteiger partial charge in [-0.25, -0.2) is 0 Å². The minimum Gasteiger partial charge on any atom is -0.352 e. The van der Waals surface area contributed by atoms with Crippen molar-refractivity contribution in [3.63, 3.8) is 0 Å². The van der Waals surface area contributed by atoms with Crippen LogP contribution < -0.4 is 4.90 Å². The predicted octanol–water partition coefficient (Wildman–Crippen LogP) is 3.73. The van der Waals surface area contributed by atoms with Gasteiger partial charge in [-0.15, -0.1) is 15.3 Å². The molecule has 7 heteroatoms. The zero-order valence-corrected chi connectivity index (χ0v) is 19.3. The Bertz CT molecular complexity index is 1290. The smallest absolute Gasteiger partial charge is 0.232 e. The van der Waals surface area contributed by atoms with Crippen LogP contribution >= 0.6 is 0 Å². The van der Waals surface area contributed by atoms with Crippen molar-refractivity contribution in [2.45, 2.75) is 26.2 Å². The Balaban J connectivity index is 1.34. The molecule has 2 aromatic heterocycles. The number of fused-ring (bicyclic) bond motifs is 1. The highest BCUT2D eigenvalue weighted by molar-refractivity contribution is 5.87. The number of anilines is 1. The molecular formula is C26H28N6O. The zero-order valence-electron chi connectivity index (χ0n) is 19.3. The maximum atomic E-state index is 13.3. The molecule has 0 saturated carbocycles. The summed E-state index contributed by atoms with van der Waals surface area (Å²) in [6.45, 7) is 8.88. The van der Waals surface area contributed by atoms with Gasteiger partial charge in [0.2, 0.25) is 5.91 Å². The predicted molar refractivity (Wildman–Crippen MR) is 129 cm³/mol. The SMILES string of the molecule is Cc1ccccc1-c1nnc2ccc(N3CCN(C(=O)C(C)(C)c4ccccc4)CC3)nn12. The van der Waals surface area contributed by atoms with Crippen LogP contribution in [0, 0.1) is 6.92 Å². The van der Waals surface area contributed by atoms with Crippen LogP contribution in [0.15, 0.2) is 66.7 Å². The fourth-order valence-electron chi connectivity index (χ4n) is 4.45. The van der Waals surface area contributed by atoms with Gasteiger partial charge in [-0.1, -0.05) is 54.6 Å². The second-order valence-corrected chi connectivity index (χ2v) is 9.07. The molecule has 3 heterocycles. The molecule has 0 spiro atoms. The Morgan fingerprint density at radius 1 is 0.848 bits per heavy atom. The number of aromatic nitrogens is 4. The highest BCUT2D eigenvalue weighted by Gasteiger charge is 2.35. The van der Waals surface area contributed by atoms with Gasteiger partial charge in [-0.05, 0) is 44.0 Å². The maximum Gasteiger partial charge on any atom is 0.232 e. The molecule has 1 aliphatic rings. The van der Waals surface area contributed by atoms with Crippen molar-refractivity contribution >= 4 is 17.4 Å². The number of carbonyl (C=O) groups is 1. The number of rotatable bonds is 4. The van der Waals surface area contributed by atoms with Crippen LogP contribution in [0.5, 0.6) is 0 Å². The van der Waals surface area contributed by atoms with Gasteiger partial charge in [0.05, 0.1) is 5.41 Å². The molecule has 5 rings (SSSR count). The van der Waals surface area contributed by atoms with Crippen molar-refractivity contribution in [3.8, 4) is 11.4 Å². The van der Waals surface area contributed by atoms with Gasteiger partial charge in [0.25, 0.3) is 0 Å². The number of aryl methyl sites for hydroxylation is 1. The summed E-state index contributed by atoms with van der Waals surface area (Å²) in [5, 5.41) is 13.5. The van der Waals surface area contributed by atoms with Crippen LogP contribution in [-0.2, 0) is 10.2 Å². The number of amides is 1. The highest BCUT2D eigenvalue weighted by Crippen LogP contribution is 2.27. The molecule has 168 valence electrons. The lowest BCUT2D eigenvalue weighted by molar-refractivity contribution is -0.136. The molecule has 33 heavy (non-hydrogen) atoms. The van der Waals surface area contributed by atoms with Gasteiger partial charge >= 0.3 is 0 Å². The van der Waals surface area contributed by atoms with E-state index in [1.807, 2.05) is 83.9 Å². The number of nitrogens with zero attached hydrogens (tertiary/aromatic N) is 6. The summed E-state index contributed by atoms with van der Waals surface area (Å²) in [6.07, 6.45) is 0. The average Bonchev–Trinajstić information content (AvgIpc) is 3.27. The van der Waals surface area contributed by atoms with E-state index >= 15 is 0 Å². The second kappa shape index (κ2) is 8.31. The molecule has 1 amide bonds. The molecule has 0 radical (unpaired) electrons. The van der Waals surface area contributed by atoms with E-state index in [1.54, 1.807) is 0 Å². The molecule has 0 N–H and O–H groups in total. The third-order valence-electron chi connectivity index (χ3n) is 6.56. The Morgan fingerprint density at radius 2 is 1.55 bits per heavy atom. The standard InChI is InChI=1S/C26H28N6O/c1-19-9-7-8-12-21(19)24-28-27-22-13-14-23(29-32(22)24)30-15-17-31(18-16-30)25(33)26(2,3)20-10-5-4-6-11-20/h4-14H,15-18H2,1-3H3. The van der Waals surface area contributed by atoms with E-state index in [4.69, 9.17) is 5.10 Å². The molecule has 0 aliphatic carbocycles. The molecule has 0 unspecified atom stereocenters. The lowest BCUT2D eigenvalue weighted by Gasteiger charge is -2.39. The van der Waals surface area contributed by atoms with Gasteiger partial charge < -0.3 is 9.80 Å². The number of hydrogen-bond donors (Lipinski definition) is 0. The molecule has 0 bridgehead atoms. The molecule has 7 nitrogen and oxygen atoms in total. The van der Waals surface area contributed by atoms with Gasteiger partial charge in [0, 0.05) is 31.7 Å². The summed E-state index contributed by atoms with van der Waals surface area (Å²) >= 11 is 0. The third kappa shape index (κ3) is 3.84. The highest BCUT2D eigenvalue weighted by atomic mass is 16.2. The van der Waals surface area contributed by atoms with E-state index < -0.39 is 5.41 Å². The summed E-state index contributed by atoms with van der Waals surface area (Å²) in [4.78, 5) is 17.5. The summed E-state index contributed by atoms with van der Waals surface area (Å²) in [5.74, 6) is 1.77. The van der Waals surface area contributed by atoms with Gasteiger partial charge in [-0.3, -0.25) is 4.79 Å². The van der Waals surface area contributed by atoms with E-state index in [-0.39, 0.29) is 5.91 Å². The van der Waals surface area contributed by atoms with E-state index in [2.05, 4.69) is 28.1 Å². The van der Waals surface area contributed by atoms with E-state index in [1.165, 1.54) is 0 Å². The third-order valence-corrected chi connectivity index (χ3v) is 6.56. The Morgan fingerprint density at radius 3 is 2.27 bits per heavy atom. The van der Waals surface area contributed by atoms with Crippen LogP contribution in [0.3, 0.4) is 0 Å². The molecule has 4 aromatic rings. The molecule has 0 atom stereocenters. The van der Waals surface area contributed by atoms with Gasteiger partial charge in [0.1, 0.15) is 5.82 Å². The molecule has 1 saturated heterocycles. The maximum absolute atomic E-state index is 13.3. The Hall–Kier alpha value is -3.74. The van der Waals surface area contributed by atoms with Crippen molar-refractivity contribution in [2.24, 2.45) is 0 Å². The molecule has 1 aliphatic heterocycles. The minimum atomic E-state index is -0.550. The summed E-state index contributed by atoms with van der Waals surface area (Å²) in [7, 11) is 0. The van der Waals surface area contributed by atoms with Crippen molar-refractivity contribution in [1.82, 2.24) is 24.7 Å². The summed E-state index contributed by atoms with van der Waals surface area (Å²) in [5.41, 5.74) is 3.36. The van der Waals surface area contributed by atoms with E-state index in [0.717, 1.165) is 47.1 Å². The number of carbonyl (C=O) groups excluding carboxylic acids is 1. The van der Waals surface area contributed by atoms with E-state index in [0.29, 0.717) is 13.1 Å². The van der Waals surface area contributed by atoms with Crippen LogP contribution in [-0.4, -0.2) is 56.8 Å². The lowest BCUT2D eigenvalue weighted by Crippen LogP contribution is -2.53. The van der Waals surface area contributed by atoms with Crippen LogP contribution in [0.1, 0.15) is 25.0 Å². The van der Waals surface area contributed by atoms with Crippen molar-refractivity contribution in [3.05, 3.63) is 77.9 Å². The summed E-state index contributed by atoms with van der Waals surface area (Å²) < 4.78 is 1.81. The van der Waals surface area contributed by atoms with E-state index in [9.17, 15) is 4.79 Å². The fraction of sp³-hybridized carbons (Fsp3) is 0.308. The molecule has 1 fully saturated rings.